The van der Waals surface area contributed by atoms with E-state index in [-0.39, 0.29) is 22.5 Å². The summed E-state index contributed by atoms with van der Waals surface area (Å²) in [4.78, 5) is 17.2. The highest BCUT2D eigenvalue weighted by Crippen LogP contribution is 2.29. The van der Waals surface area contributed by atoms with Crippen molar-refractivity contribution in [3.05, 3.63) is 77.2 Å². The number of anilines is 1. The number of aromatic nitrogens is 2. The van der Waals surface area contributed by atoms with E-state index in [1.807, 2.05) is 6.07 Å². The van der Waals surface area contributed by atoms with Gasteiger partial charge in [-0.2, -0.15) is 5.26 Å². The van der Waals surface area contributed by atoms with Crippen LogP contribution in [-0.4, -0.2) is 16.0 Å². The molecule has 0 spiro atoms. The zero-order valence-corrected chi connectivity index (χ0v) is 14.7. The third-order valence-electron chi connectivity index (χ3n) is 4.28. The van der Waals surface area contributed by atoms with Crippen molar-refractivity contribution >= 4 is 22.7 Å². The van der Waals surface area contributed by atoms with Gasteiger partial charge in [-0.1, -0.05) is 17.3 Å². The third-order valence-corrected chi connectivity index (χ3v) is 4.28. The summed E-state index contributed by atoms with van der Waals surface area (Å²) in [6.07, 6.45) is 0. The maximum atomic E-state index is 14.2. The number of rotatable bonds is 3. The molecule has 4 rings (SSSR count). The molecule has 0 bridgehead atoms. The molecule has 0 unspecified atom stereocenters. The SMILES string of the molecule is Cc1noc2nc(-c3ccccc3F)cc(C(=O)Nc3ccc(C#N)cc3)c12. The minimum absolute atomic E-state index is 0.156. The lowest BCUT2D eigenvalue weighted by atomic mass is 10.0. The van der Waals surface area contributed by atoms with E-state index in [2.05, 4.69) is 15.5 Å². The molecule has 7 heteroatoms. The maximum Gasteiger partial charge on any atom is 0.259 e. The molecule has 0 radical (unpaired) electrons. The second-order valence-corrected chi connectivity index (χ2v) is 6.13. The van der Waals surface area contributed by atoms with Crippen LogP contribution in [0.4, 0.5) is 10.1 Å². The molecule has 1 N–H and O–H groups in total. The Labute approximate surface area is 159 Å². The Kier molecular flexibility index (Phi) is 4.30. The predicted molar refractivity (Wildman–Crippen MR) is 101 cm³/mol. The average molecular weight is 372 g/mol. The number of fused-ring (bicyclic) bond motifs is 1. The summed E-state index contributed by atoms with van der Waals surface area (Å²) in [5.41, 5.74) is 2.47. The largest absolute Gasteiger partial charge is 0.335 e. The van der Waals surface area contributed by atoms with Crippen molar-refractivity contribution in [3.8, 4) is 17.3 Å². The zero-order chi connectivity index (χ0) is 19.7. The standard InChI is InChI=1S/C21H13FN4O2/c1-12-19-16(20(27)24-14-8-6-13(11-23)7-9-14)10-18(25-21(19)28-26-12)15-4-2-3-5-17(15)22/h2-10H,1H3,(H,24,27). The number of carbonyl (C=O) groups excluding carboxylic acids is 1. The lowest BCUT2D eigenvalue weighted by Crippen LogP contribution is -2.13. The fraction of sp³-hybridized carbons (Fsp3) is 0.0476. The summed E-state index contributed by atoms with van der Waals surface area (Å²) in [5, 5.41) is 16.0. The lowest BCUT2D eigenvalue weighted by molar-refractivity contribution is 0.102. The van der Waals surface area contributed by atoms with Crippen molar-refractivity contribution in [1.82, 2.24) is 10.1 Å². The molecule has 136 valence electrons. The molecule has 2 aromatic carbocycles. The summed E-state index contributed by atoms with van der Waals surface area (Å²) >= 11 is 0. The third kappa shape index (κ3) is 3.08. The van der Waals surface area contributed by atoms with Crippen molar-refractivity contribution in [2.75, 3.05) is 5.32 Å². The van der Waals surface area contributed by atoms with E-state index >= 15 is 0 Å². The van der Waals surface area contributed by atoms with Gasteiger partial charge in [-0.15, -0.1) is 0 Å². The van der Waals surface area contributed by atoms with Crippen molar-refractivity contribution in [1.29, 1.82) is 5.26 Å². The van der Waals surface area contributed by atoms with Gasteiger partial charge < -0.3 is 9.84 Å². The van der Waals surface area contributed by atoms with Crippen LogP contribution in [-0.2, 0) is 0 Å². The number of nitrogens with zero attached hydrogens (tertiary/aromatic N) is 3. The normalized spacial score (nSPS) is 10.6. The number of carbonyl (C=O) groups is 1. The second-order valence-electron chi connectivity index (χ2n) is 6.13. The first-order valence-electron chi connectivity index (χ1n) is 8.40. The van der Waals surface area contributed by atoms with E-state index in [1.54, 1.807) is 49.4 Å². The van der Waals surface area contributed by atoms with E-state index in [1.165, 1.54) is 12.1 Å². The fourth-order valence-electron chi connectivity index (χ4n) is 2.91. The van der Waals surface area contributed by atoms with Crippen LogP contribution in [0, 0.1) is 24.1 Å². The van der Waals surface area contributed by atoms with Gasteiger partial charge in [0.15, 0.2) is 0 Å². The summed E-state index contributed by atoms with van der Waals surface area (Å²) in [6, 6.07) is 16.2. The fourth-order valence-corrected chi connectivity index (χ4v) is 2.91. The molecule has 0 saturated heterocycles. The molecule has 0 aliphatic rings. The van der Waals surface area contributed by atoms with Crippen molar-refractivity contribution in [2.24, 2.45) is 0 Å². The van der Waals surface area contributed by atoms with Crippen molar-refractivity contribution in [3.63, 3.8) is 0 Å². The number of halogens is 1. The summed E-state index contributed by atoms with van der Waals surface area (Å²) in [5.74, 6) is -0.870. The van der Waals surface area contributed by atoms with Gasteiger partial charge in [0.2, 0.25) is 0 Å². The number of hydrogen-bond acceptors (Lipinski definition) is 5. The molecular weight excluding hydrogens is 359 g/mol. The van der Waals surface area contributed by atoms with E-state index in [9.17, 15) is 9.18 Å². The summed E-state index contributed by atoms with van der Waals surface area (Å²) in [7, 11) is 0. The zero-order valence-electron chi connectivity index (χ0n) is 14.7. The van der Waals surface area contributed by atoms with Gasteiger partial charge >= 0.3 is 0 Å². The quantitative estimate of drug-likeness (QED) is 0.573. The summed E-state index contributed by atoms with van der Waals surface area (Å²) in [6.45, 7) is 1.70. The topological polar surface area (TPSA) is 91.8 Å². The minimum atomic E-state index is -0.455. The van der Waals surface area contributed by atoms with Crippen LogP contribution in [0.3, 0.4) is 0 Å². The van der Waals surface area contributed by atoms with Crippen LogP contribution >= 0.6 is 0 Å². The number of benzene rings is 2. The smallest absolute Gasteiger partial charge is 0.259 e. The van der Waals surface area contributed by atoms with Crippen LogP contribution in [0.5, 0.6) is 0 Å². The highest BCUT2D eigenvalue weighted by atomic mass is 19.1. The van der Waals surface area contributed by atoms with Gasteiger partial charge in [-0.3, -0.25) is 4.79 Å². The van der Waals surface area contributed by atoms with Crippen LogP contribution in [0.2, 0.25) is 0 Å². The van der Waals surface area contributed by atoms with E-state index in [0.717, 1.165) is 0 Å². The number of nitrogens with one attached hydrogen (secondary N) is 1. The molecule has 6 nitrogen and oxygen atoms in total. The van der Waals surface area contributed by atoms with Crippen LogP contribution in [0.1, 0.15) is 21.6 Å². The predicted octanol–water partition coefficient (Wildman–Crippen LogP) is 4.46. The lowest BCUT2D eigenvalue weighted by Gasteiger charge is -2.09. The molecule has 0 aliphatic carbocycles. The molecule has 28 heavy (non-hydrogen) atoms. The number of amides is 1. The molecule has 4 aromatic rings. The highest BCUT2D eigenvalue weighted by molar-refractivity contribution is 6.13. The first kappa shape index (κ1) is 17.4. The number of hydrogen-bond donors (Lipinski definition) is 1. The Morgan fingerprint density at radius 1 is 1.18 bits per heavy atom. The van der Waals surface area contributed by atoms with Crippen LogP contribution in [0.15, 0.2) is 59.1 Å². The minimum Gasteiger partial charge on any atom is -0.335 e. The van der Waals surface area contributed by atoms with Gasteiger partial charge in [-0.05, 0) is 49.4 Å². The molecule has 0 atom stereocenters. The van der Waals surface area contributed by atoms with E-state index < -0.39 is 11.7 Å². The Bertz CT molecular complexity index is 1240. The number of pyridine rings is 1. The molecule has 1 amide bonds. The van der Waals surface area contributed by atoms with Gasteiger partial charge in [-0.25, -0.2) is 9.37 Å². The molecule has 0 aliphatic heterocycles. The molecule has 0 saturated carbocycles. The molecular formula is C21H13FN4O2. The van der Waals surface area contributed by atoms with Gasteiger partial charge in [0, 0.05) is 11.3 Å². The molecule has 0 fully saturated rings. The molecule has 2 heterocycles. The average Bonchev–Trinajstić information content (AvgIpc) is 3.09. The van der Waals surface area contributed by atoms with Gasteiger partial charge in [0.25, 0.3) is 11.6 Å². The van der Waals surface area contributed by atoms with Crippen molar-refractivity contribution < 1.29 is 13.7 Å². The first-order valence-corrected chi connectivity index (χ1v) is 8.40. The van der Waals surface area contributed by atoms with E-state index in [4.69, 9.17) is 9.78 Å². The van der Waals surface area contributed by atoms with Crippen LogP contribution < -0.4 is 5.32 Å². The Morgan fingerprint density at radius 2 is 1.93 bits per heavy atom. The first-order chi connectivity index (χ1) is 13.6. The van der Waals surface area contributed by atoms with Crippen LogP contribution in [0.25, 0.3) is 22.4 Å². The van der Waals surface area contributed by atoms with Crippen molar-refractivity contribution in [2.45, 2.75) is 6.92 Å². The second kappa shape index (κ2) is 6.93. The molecule has 2 aromatic heterocycles. The highest BCUT2D eigenvalue weighted by Gasteiger charge is 2.20. The Hall–Kier alpha value is -4.05. The van der Waals surface area contributed by atoms with Gasteiger partial charge in [0.05, 0.1) is 34.0 Å². The Morgan fingerprint density at radius 3 is 2.64 bits per heavy atom. The van der Waals surface area contributed by atoms with E-state index in [0.29, 0.717) is 22.3 Å². The number of aryl methyl sites for hydroxylation is 1. The Balaban J connectivity index is 1.80. The number of nitriles is 1. The van der Waals surface area contributed by atoms with Gasteiger partial charge in [0.1, 0.15) is 5.82 Å². The summed E-state index contributed by atoms with van der Waals surface area (Å²) < 4.78 is 19.4. The maximum absolute atomic E-state index is 14.2. The monoisotopic (exact) mass is 372 g/mol.